The summed E-state index contributed by atoms with van der Waals surface area (Å²) in [5.74, 6) is 1.80. The van der Waals surface area contributed by atoms with Crippen molar-refractivity contribution < 1.29 is 9.53 Å². The van der Waals surface area contributed by atoms with Gasteiger partial charge in [0.25, 0.3) is 5.91 Å². The summed E-state index contributed by atoms with van der Waals surface area (Å²) >= 11 is 5.38. The number of aromatic nitrogens is 1. The number of carbonyl (C=O) groups excluding carboxylic acids is 1. The highest BCUT2D eigenvalue weighted by Crippen LogP contribution is 2.24. The van der Waals surface area contributed by atoms with Crippen molar-refractivity contribution in [3.63, 3.8) is 0 Å². The number of nitrogens with zero attached hydrogens (tertiary/aromatic N) is 3. The number of benzene rings is 2. The molecule has 2 heterocycles. The first-order valence-corrected chi connectivity index (χ1v) is 10.8. The molecule has 2 N–H and O–H groups in total. The molecule has 0 unspecified atom stereocenters. The van der Waals surface area contributed by atoms with Gasteiger partial charge in [0.15, 0.2) is 5.11 Å². The van der Waals surface area contributed by atoms with Gasteiger partial charge in [0, 0.05) is 44.1 Å². The van der Waals surface area contributed by atoms with E-state index in [4.69, 9.17) is 17.0 Å². The van der Waals surface area contributed by atoms with E-state index in [9.17, 15) is 4.79 Å². The van der Waals surface area contributed by atoms with E-state index >= 15 is 0 Å². The number of carbonyl (C=O) groups is 1. The number of piperazine rings is 1. The van der Waals surface area contributed by atoms with E-state index in [1.165, 1.54) is 0 Å². The normalized spacial score (nSPS) is 14.0. The molecule has 1 fully saturated rings. The maximum atomic E-state index is 12.9. The number of likely N-dealkylation sites (N-methyl/N-ethyl adjacent to an activating group) is 1. The van der Waals surface area contributed by atoms with Crippen LogP contribution >= 0.6 is 12.2 Å². The van der Waals surface area contributed by atoms with Crippen LogP contribution < -0.4 is 20.3 Å². The summed E-state index contributed by atoms with van der Waals surface area (Å²) in [6.45, 7) is 3.51. The molecule has 164 valence electrons. The lowest BCUT2D eigenvalue weighted by molar-refractivity contribution is 0.0977. The van der Waals surface area contributed by atoms with Crippen LogP contribution in [0.4, 0.5) is 11.5 Å². The van der Waals surface area contributed by atoms with E-state index in [0.29, 0.717) is 22.8 Å². The number of amides is 1. The average Bonchev–Trinajstić information content (AvgIpc) is 2.80. The van der Waals surface area contributed by atoms with Gasteiger partial charge in [-0.05, 0) is 55.7 Å². The molecule has 1 aliphatic rings. The highest BCUT2D eigenvalue weighted by atomic mass is 32.1. The van der Waals surface area contributed by atoms with E-state index in [2.05, 4.69) is 32.5 Å². The summed E-state index contributed by atoms with van der Waals surface area (Å²) in [5, 5.41) is 6.03. The van der Waals surface area contributed by atoms with E-state index < -0.39 is 0 Å². The van der Waals surface area contributed by atoms with Gasteiger partial charge < -0.3 is 19.9 Å². The van der Waals surface area contributed by atoms with Crippen molar-refractivity contribution in [2.75, 3.05) is 43.4 Å². The molecule has 8 heteroatoms. The summed E-state index contributed by atoms with van der Waals surface area (Å²) < 4.78 is 5.85. The zero-order valence-electron chi connectivity index (χ0n) is 17.8. The van der Waals surface area contributed by atoms with Gasteiger partial charge in [-0.15, -0.1) is 0 Å². The van der Waals surface area contributed by atoms with Crippen molar-refractivity contribution in [1.29, 1.82) is 0 Å². The zero-order valence-corrected chi connectivity index (χ0v) is 18.6. The van der Waals surface area contributed by atoms with Crippen molar-refractivity contribution in [3.05, 3.63) is 78.5 Å². The number of hydrogen-bond acceptors (Lipinski definition) is 6. The Balaban J connectivity index is 1.40. The summed E-state index contributed by atoms with van der Waals surface area (Å²) in [5.41, 5.74) is 1.22. The minimum Gasteiger partial charge on any atom is -0.457 e. The molecule has 1 saturated heterocycles. The summed E-state index contributed by atoms with van der Waals surface area (Å²) in [4.78, 5) is 21.8. The Kier molecular flexibility index (Phi) is 6.94. The van der Waals surface area contributed by atoms with E-state index in [-0.39, 0.29) is 11.0 Å². The first kappa shape index (κ1) is 21.7. The van der Waals surface area contributed by atoms with Crippen LogP contribution in [0.2, 0.25) is 0 Å². The number of anilines is 2. The van der Waals surface area contributed by atoms with E-state index in [1.54, 1.807) is 18.3 Å². The molecule has 0 aliphatic carbocycles. The van der Waals surface area contributed by atoms with Crippen LogP contribution in [0.25, 0.3) is 0 Å². The lowest BCUT2D eigenvalue weighted by Gasteiger charge is -2.34. The number of nitrogens with one attached hydrogen (secondary N) is 2. The number of ether oxygens (including phenoxy) is 1. The van der Waals surface area contributed by atoms with Gasteiger partial charge in [-0.25, -0.2) is 4.98 Å². The second kappa shape index (κ2) is 10.2. The third-order valence-corrected chi connectivity index (χ3v) is 5.34. The van der Waals surface area contributed by atoms with Crippen molar-refractivity contribution in [2.45, 2.75) is 0 Å². The van der Waals surface area contributed by atoms with Crippen LogP contribution in [0.5, 0.6) is 11.5 Å². The number of para-hydroxylation sites is 1. The molecule has 2 aromatic carbocycles. The van der Waals surface area contributed by atoms with Crippen molar-refractivity contribution in [3.8, 4) is 11.5 Å². The average molecular weight is 448 g/mol. The Morgan fingerprint density at radius 2 is 1.72 bits per heavy atom. The predicted molar refractivity (Wildman–Crippen MR) is 131 cm³/mol. The van der Waals surface area contributed by atoms with Crippen LogP contribution in [0.1, 0.15) is 10.4 Å². The lowest BCUT2D eigenvalue weighted by Crippen LogP contribution is -2.45. The van der Waals surface area contributed by atoms with Crippen LogP contribution in [0.15, 0.2) is 72.9 Å². The third-order valence-electron chi connectivity index (χ3n) is 5.13. The highest BCUT2D eigenvalue weighted by molar-refractivity contribution is 7.80. The second-order valence-electron chi connectivity index (χ2n) is 7.52. The minimum atomic E-state index is -0.291. The molecule has 1 amide bonds. The molecular weight excluding hydrogens is 422 g/mol. The first-order valence-electron chi connectivity index (χ1n) is 10.4. The summed E-state index contributed by atoms with van der Waals surface area (Å²) in [6.07, 6.45) is 1.71. The molecule has 0 bridgehead atoms. The van der Waals surface area contributed by atoms with Gasteiger partial charge in [-0.3, -0.25) is 10.1 Å². The fourth-order valence-corrected chi connectivity index (χ4v) is 3.65. The van der Waals surface area contributed by atoms with Crippen LogP contribution in [0.3, 0.4) is 0 Å². The maximum Gasteiger partial charge on any atom is 0.261 e. The Morgan fingerprint density at radius 3 is 2.50 bits per heavy atom. The molecule has 0 radical (unpaired) electrons. The zero-order chi connectivity index (χ0) is 22.3. The van der Waals surface area contributed by atoms with Crippen LogP contribution in [0, 0.1) is 0 Å². The number of rotatable bonds is 5. The molecule has 32 heavy (non-hydrogen) atoms. The SMILES string of the molecule is CN1CCN(c2ncccc2C(=O)NC(=S)Nc2cccc(Oc3ccccc3)c2)CC1. The molecule has 7 nitrogen and oxygen atoms in total. The van der Waals surface area contributed by atoms with Crippen molar-refractivity contribution in [2.24, 2.45) is 0 Å². The quantitative estimate of drug-likeness (QED) is 0.577. The van der Waals surface area contributed by atoms with Crippen LogP contribution in [-0.4, -0.2) is 54.1 Å². The molecule has 4 rings (SSSR count). The molecule has 1 aromatic heterocycles. The minimum absolute atomic E-state index is 0.208. The van der Waals surface area contributed by atoms with Gasteiger partial charge in [0.2, 0.25) is 0 Å². The van der Waals surface area contributed by atoms with E-state index in [0.717, 1.165) is 31.9 Å². The Bertz CT molecular complexity index is 1080. The van der Waals surface area contributed by atoms with E-state index in [1.807, 2.05) is 54.6 Å². The standard InChI is InChI=1S/C24H25N5O2S/c1-28-13-15-29(16-14-28)22-21(11-6-12-25-22)23(30)27-24(32)26-18-7-5-10-20(17-18)31-19-8-3-2-4-9-19/h2-12,17H,13-16H2,1H3,(H2,26,27,30,32). The van der Waals surface area contributed by atoms with Crippen molar-refractivity contribution in [1.82, 2.24) is 15.2 Å². The second-order valence-corrected chi connectivity index (χ2v) is 7.92. The molecule has 3 aromatic rings. The molecular formula is C24H25N5O2S. The largest absolute Gasteiger partial charge is 0.457 e. The fourth-order valence-electron chi connectivity index (χ4n) is 3.44. The van der Waals surface area contributed by atoms with Gasteiger partial charge >= 0.3 is 0 Å². The monoisotopic (exact) mass is 447 g/mol. The Labute approximate surface area is 193 Å². The number of hydrogen-bond donors (Lipinski definition) is 2. The maximum absolute atomic E-state index is 12.9. The van der Waals surface area contributed by atoms with Gasteiger partial charge in [-0.2, -0.15) is 0 Å². The smallest absolute Gasteiger partial charge is 0.261 e. The fraction of sp³-hybridized carbons (Fsp3) is 0.208. The van der Waals surface area contributed by atoms with Crippen LogP contribution in [-0.2, 0) is 0 Å². The molecule has 0 saturated carbocycles. The first-order chi connectivity index (χ1) is 15.6. The Hall–Kier alpha value is -3.49. The number of thiocarbonyl (C=S) groups is 1. The van der Waals surface area contributed by atoms with Gasteiger partial charge in [0.05, 0.1) is 5.56 Å². The summed E-state index contributed by atoms with van der Waals surface area (Å²) in [7, 11) is 2.09. The molecule has 1 aliphatic heterocycles. The predicted octanol–water partition coefficient (Wildman–Crippen LogP) is 3.75. The van der Waals surface area contributed by atoms with Crippen molar-refractivity contribution >= 4 is 34.7 Å². The highest BCUT2D eigenvalue weighted by Gasteiger charge is 2.21. The van der Waals surface area contributed by atoms with Gasteiger partial charge in [0.1, 0.15) is 17.3 Å². The Morgan fingerprint density at radius 1 is 0.969 bits per heavy atom. The molecule has 0 spiro atoms. The summed E-state index contributed by atoms with van der Waals surface area (Å²) in [6, 6.07) is 20.5. The topological polar surface area (TPSA) is 69.7 Å². The lowest BCUT2D eigenvalue weighted by atomic mass is 10.2. The third kappa shape index (κ3) is 5.60. The number of pyridine rings is 1. The van der Waals surface area contributed by atoms with Gasteiger partial charge in [-0.1, -0.05) is 24.3 Å². The molecule has 0 atom stereocenters.